The van der Waals surface area contributed by atoms with Gasteiger partial charge in [-0.25, -0.2) is 4.39 Å². The number of anilines is 1. The van der Waals surface area contributed by atoms with Crippen molar-refractivity contribution >= 4 is 22.2 Å². The molecular formula is C25H28FN3O2S. The SMILES string of the molecule is CN1CCN([C@H](c2cccc(F)c2)c2c(NC(=O)c3ccco3)sc3c2CCCC3)CC1. The molecule has 2 aromatic heterocycles. The van der Waals surface area contributed by atoms with Gasteiger partial charge in [0.05, 0.1) is 12.3 Å². The number of nitrogens with one attached hydrogen (secondary N) is 1. The van der Waals surface area contributed by atoms with Gasteiger partial charge in [-0.05, 0) is 68.1 Å². The number of carbonyl (C=O) groups excluding carboxylic acids is 1. The molecule has 168 valence electrons. The molecule has 2 aliphatic rings. The van der Waals surface area contributed by atoms with Crippen molar-refractivity contribution < 1.29 is 13.6 Å². The lowest BCUT2D eigenvalue weighted by molar-refractivity contribution is 0.0996. The number of thiophene rings is 1. The van der Waals surface area contributed by atoms with Crippen LogP contribution in [0, 0.1) is 5.82 Å². The Morgan fingerprint density at radius 1 is 1.12 bits per heavy atom. The fourth-order valence-electron chi connectivity index (χ4n) is 4.86. The quantitative estimate of drug-likeness (QED) is 0.594. The van der Waals surface area contributed by atoms with Crippen LogP contribution in [0.25, 0.3) is 0 Å². The Bertz CT molecular complexity index is 1090. The predicted molar refractivity (Wildman–Crippen MR) is 125 cm³/mol. The molecule has 0 unspecified atom stereocenters. The number of nitrogens with zero attached hydrogens (tertiary/aromatic N) is 2. The number of rotatable bonds is 5. The Morgan fingerprint density at radius 3 is 2.69 bits per heavy atom. The first-order valence-electron chi connectivity index (χ1n) is 11.3. The fraction of sp³-hybridized carbons (Fsp3) is 0.400. The summed E-state index contributed by atoms with van der Waals surface area (Å²) >= 11 is 1.67. The minimum absolute atomic E-state index is 0.0931. The Hall–Kier alpha value is -2.48. The number of piperazine rings is 1. The van der Waals surface area contributed by atoms with E-state index >= 15 is 0 Å². The fourth-order valence-corrected chi connectivity index (χ4v) is 6.18. The third kappa shape index (κ3) is 4.25. The molecule has 3 heterocycles. The van der Waals surface area contributed by atoms with Crippen LogP contribution in [0.3, 0.4) is 0 Å². The van der Waals surface area contributed by atoms with Crippen molar-refractivity contribution in [1.82, 2.24) is 9.80 Å². The number of furan rings is 1. The van der Waals surface area contributed by atoms with E-state index in [1.807, 2.05) is 6.07 Å². The second kappa shape index (κ2) is 9.17. The van der Waals surface area contributed by atoms with Crippen LogP contribution < -0.4 is 5.32 Å². The van der Waals surface area contributed by atoms with Crippen molar-refractivity contribution in [1.29, 1.82) is 0 Å². The molecule has 1 aliphatic carbocycles. The van der Waals surface area contributed by atoms with Gasteiger partial charge in [-0.15, -0.1) is 11.3 Å². The van der Waals surface area contributed by atoms with Crippen molar-refractivity contribution in [3.63, 3.8) is 0 Å². The first-order valence-corrected chi connectivity index (χ1v) is 12.1. The van der Waals surface area contributed by atoms with E-state index in [0.717, 1.165) is 68.0 Å². The topological polar surface area (TPSA) is 48.7 Å². The highest BCUT2D eigenvalue weighted by Crippen LogP contribution is 2.45. The number of aryl methyl sites for hydroxylation is 1. The average Bonchev–Trinajstić information content (AvgIpc) is 3.44. The van der Waals surface area contributed by atoms with Crippen molar-refractivity contribution in [2.24, 2.45) is 0 Å². The molecule has 1 aromatic carbocycles. The first kappa shape index (κ1) is 21.4. The van der Waals surface area contributed by atoms with Crippen molar-refractivity contribution in [2.75, 3.05) is 38.5 Å². The van der Waals surface area contributed by atoms with Crippen LogP contribution in [0.4, 0.5) is 9.39 Å². The Labute approximate surface area is 191 Å². The van der Waals surface area contributed by atoms with Crippen LogP contribution in [-0.4, -0.2) is 48.9 Å². The molecule has 0 saturated carbocycles. The second-order valence-electron chi connectivity index (χ2n) is 8.68. The van der Waals surface area contributed by atoms with E-state index in [1.165, 1.54) is 22.8 Å². The lowest BCUT2D eigenvalue weighted by Gasteiger charge is -2.39. The molecule has 1 atom stereocenters. The molecule has 0 bridgehead atoms. The minimum atomic E-state index is -0.244. The predicted octanol–water partition coefficient (Wildman–Crippen LogP) is 4.95. The summed E-state index contributed by atoms with van der Waals surface area (Å²) in [6.07, 6.45) is 5.84. The number of benzene rings is 1. The number of amides is 1. The zero-order valence-corrected chi connectivity index (χ0v) is 19.1. The number of likely N-dealkylation sites (N-methyl/N-ethyl adjacent to an activating group) is 1. The van der Waals surface area contributed by atoms with Gasteiger partial charge in [0, 0.05) is 36.6 Å². The van der Waals surface area contributed by atoms with Gasteiger partial charge in [0.2, 0.25) is 0 Å². The van der Waals surface area contributed by atoms with Gasteiger partial charge in [-0.1, -0.05) is 12.1 Å². The highest BCUT2D eigenvalue weighted by Gasteiger charge is 2.33. The Balaban J connectivity index is 1.61. The second-order valence-corrected chi connectivity index (χ2v) is 9.79. The van der Waals surface area contributed by atoms with E-state index in [9.17, 15) is 9.18 Å². The third-order valence-corrected chi connectivity index (χ3v) is 7.75. The van der Waals surface area contributed by atoms with E-state index in [2.05, 4.69) is 22.2 Å². The highest BCUT2D eigenvalue weighted by molar-refractivity contribution is 7.16. The molecular weight excluding hydrogens is 425 g/mol. The number of hydrogen-bond acceptors (Lipinski definition) is 5. The molecule has 1 N–H and O–H groups in total. The first-order chi connectivity index (χ1) is 15.6. The van der Waals surface area contributed by atoms with Crippen LogP contribution >= 0.6 is 11.3 Å². The number of carbonyl (C=O) groups is 1. The monoisotopic (exact) mass is 453 g/mol. The van der Waals surface area contributed by atoms with E-state index in [4.69, 9.17) is 4.42 Å². The van der Waals surface area contributed by atoms with Crippen molar-refractivity contribution in [3.05, 3.63) is 75.8 Å². The van der Waals surface area contributed by atoms with Crippen LogP contribution in [0.15, 0.2) is 47.1 Å². The largest absolute Gasteiger partial charge is 0.459 e. The molecule has 0 spiro atoms. The molecule has 1 fully saturated rings. The maximum absolute atomic E-state index is 14.3. The maximum Gasteiger partial charge on any atom is 0.291 e. The lowest BCUT2D eigenvalue weighted by atomic mass is 9.88. The molecule has 7 heteroatoms. The number of fused-ring (bicyclic) bond motifs is 1. The van der Waals surface area contributed by atoms with E-state index in [0.29, 0.717) is 5.76 Å². The number of halogens is 1. The van der Waals surface area contributed by atoms with Crippen LogP contribution in [0.5, 0.6) is 0 Å². The van der Waals surface area contributed by atoms with Gasteiger partial charge in [-0.2, -0.15) is 0 Å². The van der Waals surface area contributed by atoms with Gasteiger partial charge in [-0.3, -0.25) is 9.69 Å². The van der Waals surface area contributed by atoms with Gasteiger partial charge in [0.15, 0.2) is 5.76 Å². The van der Waals surface area contributed by atoms with Crippen LogP contribution in [-0.2, 0) is 12.8 Å². The lowest BCUT2D eigenvalue weighted by Crippen LogP contribution is -2.46. The zero-order valence-electron chi connectivity index (χ0n) is 18.3. The van der Waals surface area contributed by atoms with E-state index < -0.39 is 0 Å². The van der Waals surface area contributed by atoms with Crippen molar-refractivity contribution in [2.45, 2.75) is 31.7 Å². The van der Waals surface area contributed by atoms with Gasteiger partial charge < -0.3 is 14.6 Å². The zero-order chi connectivity index (χ0) is 22.1. The summed E-state index contributed by atoms with van der Waals surface area (Å²) in [6.45, 7) is 3.72. The van der Waals surface area contributed by atoms with Gasteiger partial charge in [0.1, 0.15) is 10.8 Å². The molecule has 3 aromatic rings. The molecule has 1 aliphatic heterocycles. The summed E-state index contributed by atoms with van der Waals surface area (Å²) in [4.78, 5) is 19.0. The van der Waals surface area contributed by atoms with E-state index in [-0.39, 0.29) is 17.8 Å². The summed E-state index contributed by atoms with van der Waals surface area (Å²) in [6, 6.07) is 10.2. The van der Waals surface area contributed by atoms with Crippen LogP contribution in [0.2, 0.25) is 0 Å². The molecule has 1 saturated heterocycles. The summed E-state index contributed by atoms with van der Waals surface area (Å²) in [7, 11) is 2.13. The smallest absolute Gasteiger partial charge is 0.291 e. The normalized spacial score (nSPS) is 18.3. The van der Waals surface area contributed by atoms with Crippen LogP contribution in [0.1, 0.15) is 51.0 Å². The molecule has 5 nitrogen and oxygen atoms in total. The standard InChI is InChI=1S/C25H28FN3O2S/c1-28-11-13-29(14-12-28)23(17-6-4-7-18(26)16-17)22-19-8-2-3-10-21(19)32-25(22)27-24(30)20-9-5-15-31-20/h4-7,9,15-16,23H,2-3,8,10-14H2,1H3,(H,27,30)/t23-/m1/s1. The Morgan fingerprint density at radius 2 is 1.94 bits per heavy atom. The summed E-state index contributed by atoms with van der Waals surface area (Å²) < 4.78 is 19.7. The van der Waals surface area contributed by atoms with Gasteiger partial charge >= 0.3 is 0 Å². The third-order valence-electron chi connectivity index (χ3n) is 6.53. The molecule has 0 radical (unpaired) electrons. The molecule has 5 rings (SSSR count). The van der Waals surface area contributed by atoms with Crippen molar-refractivity contribution in [3.8, 4) is 0 Å². The summed E-state index contributed by atoms with van der Waals surface area (Å²) in [5, 5.41) is 4.00. The summed E-state index contributed by atoms with van der Waals surface area (Å²) in [5.41, 5.74) is 3.41. The Kier molecular flexibility index (Phi) is 6.13. The maximum atomic E-state index is 14.3. The summed E-state index contributed by atoms with van der Waals surface area (Å²) in [5.74, 6) is -0.178. The van der Waals surface area contributed by atoms with Gasteiger partial charge in [0.25, 0.3) is 5.91 Å². The molecule has 1 amide bonds. The molecule has 32 heavy (non-hydrogen) atoms. The average molecular weight is 454 g/mol. The minimum Gasteiger partial charge on any atom is -0.459 e. The highest BCUT2D eigenvalue weighted by atomic mass is 32.1. The number of hydrogen-bond donors (Lipinski definition) is 1. The van der Waals surface area contributed by atoms with E-state index in [1.54, 1.807) is 35.6 Å².